The molecule has 0 spiro atoms. The first-order valence-corrected chi connectivity index (χ1v) is 11.6. The molecule has 0 atom stereocenters. The van der Waals surface area contributed by atoms with Gasteiger partial charge in [-0.25, -0.2) is 0 Å². The third-order valence-electron chi connectivity index (χ3n) is 5.12. The van der Waals surface area contributed by atoms with Gasteiger partial charge in [0.2, 0.25) is 0 Å². The predicted molar refractivity (Wildman–Crippen MR) is 144 cm³/mol. The third-order valence-corrected chi connectivity index (χ3v) is 5.12. The van der Waals surface area contributed by atoms with E-state index in [4.69, 9.17) is 9.47 Å². The smallest absolute Gasteiger partial charge is 0.166 e. The molecule has 4 rings (SSSR count). The summed E-state index contributed by atoms with van der Waals surface area (Å²) in [4.78, 5) is 11.5. The van der Waals surface area contributed by atoms with E-state index < -0.39 is 0 Å². The second kappa shape index (κ2) is 16.2. The van der Waals surface area contributed by atoms with E-state index in [1.54, 1.807) is 25.1 Å². The van der Waals surface area contributed by atoms with Crippen molar-refractivity contribution in [1.29, 1.82) is 0 Å². The molecule has 0 saturated heterocycles. The van der Waals surface area contributed by atoms with Crippen molar-refractivity contribution in [3.05, 3.63) is 116 Å². The number of phenolic OH excluding ortho intramolecular Hbond substituents is 2. The Bertz CT molecular complexity index is 1230. The summed E-state index contributed by atoms with van der Waals surface area (Å²) >= 11 is 0. The van der Waals surface area contributed by atoms with Gasteiger partial charge in [-0.3, -0.25) is 4.79 Å². The van der Waals surface area contributed by atoms with Crippen LogP contribution in [0.25, 0.3) is 0 Å². The molecule has 0 aliphatic carbocycles. The molecule has 0 aliphatic heterocycles. The van der Waals surface area contributed by atoms with Gasteiger partial charge in [-0.15, -0.1) is 0 Å². The summed E-state index contributed by atoms with van der Waals surface area (Å²) < 4.78 is 11.2. The summed E-state index contributed by atoms with van der Waals surface area (Å²) in [5, 5.41) is 19.6. The molecular weight excluding hydrogens is 559 g/mol. The van der Waals surface area contributed by atoms with Gasteiger partial charge in [0.15, 0.2) is 5.78 Å². The van der Waals surface area contributed by atoms with Crippen molar-refractivity contribution < 1.29 is 44.9 Å². The van der Waals surface area contributed by atoms with Crippen molar-refractivity contribution >= 4 is 5.78 Å². The summed E-state index contributed by atoms with van der Waals surface area (Å²) in [6.07, 6.45) is 2.27. The fourth-order valence-corrected chi connectivity index (χ4v) is 3.34. The van der Waals surface area contributed by atoms with Crippen molar-refractivity contribution in [2.24, 2.45) is 0 Å². The molecule has 198 valence electrons. The van der Waals surface area contributed by atoms with Crippen LogP contribution in [0.1, 0.15) is 42.6 Å². The number of benzene rings is 4. The summed E-state index contributed by atoms with van der Waals surface area (Å²) in [7, 11) is 0. The Hall–Kier alpha value is -3.59. The minimum Gasteiger partial charge on any atom is -0.508 e. The molecule has 0 heterocycles. The van der Waals surface area contributed by atoms with E-state index in [0.717, 1.165) is 24.2 Å². The number of aryl methyl sites for hydroxylation is 1. The topological polar surface area (TPSA) is 76.0 Å². The SMILES string of the molecule is CCC(=O)c1ccc(Oc2ccccc2)cc1O.CCCc1ccc(Oc2ccccc2)cc1O.[CH3-].[Pd]. The summed E-state index contributed by atoms with van der Waals surface area (Å²) in [5.74, 6) is 2.80. The molecule has 5 nitrogen and oxygen atoms in total. The van der Waals surface area contributed by atoms with Gasteiger partial charge in [-0.05, 0) is 54.4 Å². The number of rotatable bonds is 8. The number of phenols is 2. The van der Waals surface area contributed by atoms with Gasteiger partial charge < -0.3 is 27.1 Å². The quantitative estimate of drug-likeness (QED) is 0.122. The van der Waals surface area contributed by atoms with Gasteiger partial charge in [0.05, 0.1) is 5.56 Å². The molecule has 4 aromatic rings. The summed E-state index contributed by atoms with van der Waals surface area (Å²) in [6.45, 7) is 3.85. The van der Waals surface area contributed by atoms with Crippen molar-refractivity contribution in [1.82, 2.24) is 0 Å². The molecule has 0 saturated carbocycles. The maximum atomic E-state index is 11.5. The summed E-state index contributed by atoms with van der Waals surface area (Å²) in [5.41, 5.74) is 1.30. The van der Waals surface area contributed by atoms with Crippen molar-refractivity contribution in [2.45, 2.75) is 33.1 Å². The van der Waals surface area contributed by atoms with E-state index in [-0.39, 0.29) is 39.4 Å². The van der Waals surface area contributed by atoms with Gasteiger partial charge in [0.25, 0.3) is 0 Å². The Balaban J connectivity index is 0.000000351. The van der Waals surface area contributed by atoms with Gasteiger partial charge >= 0.3 is 0 Å². The van der Waals surface area contributed by atoms with Crippen molar-refractivity contribution in [3.8, 4) is 34.5 Å². The van der Waals surface area contributed by atoms with E-state index in [0.29, 0.717) is 35.0 Å². The van der Waals surface area contributed by atoms with E-state index in [2.05, 4.69) is 6.92 Å². The average molecular weight is 592 g/mol. The molecule has 0 fully saturated rings. The Labute approximate surface area is 233 Å². The molecule has 2 N–H and O–H groups in total. The molecule has 0 amide bonds. The Kier molecular flexibility index (Phi) is 13.8. The Morgan fingerprint density at radius 3 is 1.59 bits per heavy atom. The number of Topliss-reactive ketones (excluding diaryl/α,β-unsaturated/α-hetero) is 1. The van der Waals surface area contributed by atoms with Crippen LogP contribution in [0.5, 0.6) is 34.5 Å². The number of ketones is 1. The van der Waals surface area contributed by atoms with Crippen LogP contribution >= 0.6 is 0 Å². The first-order valence-electron chi connectivity index (χ1n) is 11.6. The summed E-state index contributed by atoms with van der Waals surface area (Å²) in [6, 6.07) is 29.0. The minimum absolute atomic E-state index is 0. The van der Waals surface area contributed by atoms with Crippen LogP contribution in [0.4, 0.5) is 0 Å². The van der Waals surface area contributed by atoms with Crippen LogP contribution in [0.3, 0.4) is 0 Å². The number of carbonyl (C=O) groups is 1. The molecule has 0 bridgehead atoms. The van der Waals surface area contributed by atoms with Crippen LogP contribution < -0.4 is 9.47 Å². The van der Waals surface area contributed by atoms with Crippen LogP contribution in [0.2, 0.25) is 0 Å². The molecule has 6 heteroatoms. The minimum atomic E-state index is -0.0845. The standard InChI is InChI=1S/C15H14O3.C15H16O2.CH3.Pd/c1-2-14(16)13-9-8-12(10-15(13)17)18-11-6-4-3-5-7-11;1-2-6-12-9-10-14(11-15(12)16)17-13-7-4-3-5-8-13;;/h3-10,17H,2H2,1H3;3-5,7-11,16H,2,6H2,1H3;1H3;/q;;-1;. The molecular formula is C31H33O5Pd-. The zero-order chi connectivity index (χ0) is 25.0. The Morgan fingerprint density at radius 1 is 0.676 bits per heavy atom. The number of carbonyl (C=O) groups excluding carboxylic acids is 1. The first-order chi connectivity index (χ1) is 17.0. The van der Waals surface area contributed by atoms with Crippen molar-refractivity contribution in [3.63, 3.8) is 0 Å². The maximum Gasteiger partial charge on any atom is 0.166 e. The van der Waals surface area contributed by atoms with E-state index in [1.165, 1.54) is 6.07 Å². The second-order valence-electron chi connectivity index (χ2n) is 7.83. The van der Waals surface area contributed by atoms with Crippen LogP contribution in [0.15, 0.2) is 97.1 Å². The Morgan fingerprint density at radius 2 is 1.16 bits per heavy atom. The largest absolute Gasteiger partial charge is 0.508 e. The molecule has 0 aromatic heterocycles. The predicted octanol–water partition coefficient (Wildman–Crippen LogP) is 8.36. The average Bonchev–Trinajstić information content (AvgIpc) is 2.87. The monoisotopic (exact) mass is 591 g/mol. The zero-order valence-electron chi connectivity index (χ0n) is 21.3. The third kappa shape index (κ3) is 9.76. The molecule has 37 heavy (non-hydrogen) atoms. The van der Waals surface area contributed by atoms with Gasteiger partial charge in [-0.1, -0.05) is 62.7 Å². The van der Waals surface area contributed by atoms with Gasteiger partial charge in [-0.2, -0.15) is 0 Å². The van der Waals surface area contributed by atoms with E-state index in [9.17, 15) is 15.0 Å². The van der Waals surface area contributed by atoms with Crippen molar-refractivity contribution in [2.75, 3.05) is 0 Å². The molecule has 0 radical (unpaired) electrons. The number of hydrogen-bond donors (Lipinski definition) is 2. The number of aromatic hydroxyl groups is 2. The number of para-hydroxylation sites is 2. The second-order valence-corrected chi connectivity index (χ2v) is 7.83. The zero-order valence-corrected chi connectivity index (χ0v) is 22.8. The maximum absolute atomic E-state index is 11.5. The van der Waals surface area contributed by atoms with Gasteiger partial charge in [0, 0.05) is 39.0 Å². The fraction of sp³-hybridized carbons (Fsp3) is 0.161. The van der Waals surface area contributed by atoms with Crippen LogP contribution in [-0.2, 0) is 26.8 Å². The van der Waals surface area contributed by atoms with E-state index in [1.807, 2.05) is 72.8 Å². The molecule has 4 aromatic carbocycles. The first kappa shape index (κ1) is 31.4. The molecule has 0 aliphatic rings. The molecule has 0 unspecified atom stereocenters. The van der Waals surface area contributed by atoms with Crippen LogP contribution in [-0.4, -0.2) is 16.0 Å². The fourth-order valence-electron chi connectivity index (χ4n) is 3.34. The normalized spacial score (nSPS) is 9.57. The number of hydrogen-bond acceptors (Lipinski definition) is 5. The van der Waals surface area contributed by atoms with Gasteiger partial charge in [0.1, 0.15) is 34.5 Å². The van der Waals surface area contributed by atoms with Crippen LogP contribution in [0, 0.1) is 7.43 Å². The van der Waals surface area contributed by atoms with E-state index >= 15 is 0 Å². The number of ether oxygens (including phenoxy) is 2.